The second kappa shape index (κ2) is 6.85. The summed E-state index contributed by atoms with van der Waals surface area (Å²) in [6, 6.07) is 11.2. The summed E-state index contributed by atoms with van der Waals surface area (Å²) in [5.74, 6) is -0.0872. The van der Waals surface area contributed by atoms with Crippen molar-refractivity contribution in [3.8, 4) is 5.75 Å². The minimum Gasteiger partial charge on any atom is -0.418 e. The second-order valence-corrected chi connectivity index (χ2v) is 4.89. The molecule has 0 bridgehead atoms. The minimum atomic E-state index is -0.611. The number of ether oxygens (including phenoxy) is 1. The number of hydrogen-bond acceptors (Lipinski definition) is 5. The van der Waals surface area contributed by atoms with Crippen LogP contribution < -0.4 is 4.74 Å². The second-order valence-electron chi connectivity index (χ2n) is 3.98. The molecule has 7 heteroatoms. The smallest absolute Gasteiger partial charge is 0.373 e. The van der Waals surface area contributed by atoms with Crippen LogP contribution in [0.2, 0.25) is 0 Å². The molecule has 0 spiro atoms. The highest BCUT2D eigenvalue weighted by molar-refractivity contribution is 8.12. The number of carbonyl (C=O) groups is 1. The summed E-state index contributed by atoms with van der Waals surface area (Å²) >= 11 is 0.801. The average Bonchev–Trinajstić information content (AvgIpc) is 2.48. The monoisotopic (exact) mass is 307 g/mol. The van der Waals surface area contributed by atoms with Crippen molar-refractivity contribution in [1.82, 2.24) is 0 Å². The summed E-state index contributed by atoms with van der Waals surface area (Å²) in [4.78, 5) is 22.0. The Morgan fingerprint density at radius 3 is 2.52 bits per heavy atom. The van der Waals surface area contributed by atoms with E-state index >= 15 is 0 Å². The lowest BCUT2D eigenvalue weighted by Crippen LogP contribution is -2.02. The van der Waals surface area contributed by atoms with Crippen molar-refractivity contribution in [2.24, 2.45) is 0 Å². The Morgan fingerprint density at radius 2 is 1.86 bits per heavy atom. The zero-order valence-electron chi connectivity index (χ0n) is 10.7. The van der Waals surface area contributed by atoms with Gasteiger partial charge in [0.1, 0.15) is 11.6 Å². The number of halogens is 1. The van der Waals surface area contributed by atoms with E-state index in [0.717, 1.165) is 11.8 Å². The van der Waals surface area contributed by atoms with Crippen LogP contribution in [-0.4, -0.2) is 10.2 Å². The molecule has 0 radical (unpaired) electrons. The van der Waals surface area contributed by atoms with Crippen LogP contribution in [-0.2, 0) is 5.75 Å². The van der Waals surface area contributed by atoms with Crippen LogP contribution in [0.5, 0.6) is 5.75 Å². The summed E-state index contributed by atoms with van der Waals surface area (Å²) in [6.07, 6.45) is 0. The maximum Gasteiger partial charge on any atom is 0.373 e. The Kier molecular flexibility index (Phi) is 4.89. The van der Waals surface area contributed by atoms with Gasteiger partial charge in [-0.15, -0.1) is 0 Å². The molecule has 2 aromatic rings. The molecule has 5 nitrogen and oxygen atoms in total. The molecule has 0 unspecified atom stereocenters. The fraction of sp³-hybridized carbons (Fsp3) is 0.0714. The van der Waals surface area contributed by atoms with E-state index in [1.807, 2.05) is 0 Å². The molecule has 0 amide bonds. The van der Waals surface area contributed by atoms with E-state index < -0.39 is 16.0 Å². The lowest BCUT2D eigenvalue weighted by Gasteiger charge is -2.04. The Balaban J connectivity index is 1.95. The number of rotatable bonds is 4. The van der Waals surface area contributed by atoms with Crippen LogP contribution >= 0.6 is 11.8 Å². The van der Waals surface area contributed by atoms with Gasteiger partial charge in [0, 0.05) is 17.4 Å². The number of nitro benzene ring substituents is 1. The third-order valence-electron chi connectivity index (χ3n) is 2.55. The maximum absolute atomic E-state index is 12.7. The van der Waals surface area contributed by atoms with Crippen LogP contribution in [0, 0.1) is 15.9 Å². The van der Waals surface area contributed by atoms with E-state index in [9.17, 15) is 19.3 Å². The molecule has 0 N–H and O–H groups in total. The molecule has 0 heterocycles. The van der Waals surface area contributed by atoms with Gasteiger partial charge in [-0.1, -0.05) is 18.2 Å². The molecule has 0 saturated heterocycles. The van der Waals surface area contributed by atoms with Crippen molar-refractivity contribution in [1.29, 1.82) is 0 Å². The highest BCUT2D eigenvalue weighted by atomic mass is 32.2. The molecule has 0 saturated carbocycles. The Hall–Kier alpha value is -2.41. The molecule has 108 valence electrons. The molecule has 0 atom stereocenters. The minimum absolute atomic E-state index is 0.0421. The van der Waals surface area contributed by atoms with Gasteiger partial charge < -0.3 is 4.74 Å². The van der Waals surface area contributed by atoms with Crippen molar-refractivity contribution < 1.29 is 18.8 Å². The van der Waals surface area contributed by atoms with Gasteiger partial charge in [0.15, 0.2) is 0 Å². The van der Waals surface area contributed by atoms with E-state index in [-0.39, 0.29) is 17.2 Å². The normalized spacial score (nSPS) is 10.1. The van der Waals surface area contributed by atoms with E-state index in [1.165, 1.54) is 30.3 Å². The quantitative estimate of drug-likeness (QED) is 0.482. The van der Waals surface area contributed by atoms with E-state index in [0.29, 0.717) is 5.56 Å². The SMILES string of the molecule is O=C(Oc1ccc(F)cc1)SCc1ccccc1[N+](=O)[O-]. The van der Waals surface area contributed by atoms with Crippen LogP contribution in [0.15, 0.2) is 48.5 Å². The molecule has 0 aliphatic heterocycles. The Bertz CT molecular complexity index is 660. The first-order chi connectivity index (χ1) is 10.1. The lowest BCUT2D eigenvalue weighted by molar-refractivity contribution is -0.385. The number of hydrogen-bond donors (Lipinski definition) is 0. The van der Waals surface area contributed by atoms with Crippen molar-refractivity contribution >= 4 is 22.8 Å². The van der Waals surface area contributed by atoms with Gasteiger partial charge in [0.25, 0.3) is 5.69 Å². The van der Waals surface area contributed by atoms with Crippen LogP contribution in [0.3, 0.4) is 0 Å². The molecular weight excluding hydrogens is 297 g/mol. The first-order valence-electron chi connectivity index (χ1n) is 5.89. The third-order valence-corrected chi connectivity index (χ3v) is 3.32. The zero-order valence-corrected chi connectivity index (χ0v) is 11.5. The highest BCUT2D eigenvalue weighted by Gasteiger charge is 2.14. The van der Waals surface area contributed by atoms with E-state index in [1.54, 1.807) is 18.2 Å². The molecule has 2 rings (SSSR count). The van der Waals surface area contributed by atoms with Crippen molar-refractivity contribution in [2.75, 3.05) is 0 Å². The number of nitro groups is 1. The molecule has 0 aromatic heterocycles. The van der Waals surface area contributed by atoms with Gasteiger partial charge in [-0.2, -0.15) is 0 Å². The molecular formula is C14H10FNO4S. The van der Waals surface area contributed by atoms with Crippen LogP contribution in [0.4, 0.5) is 14.9 Å². The van der Waals surface area contributed by atoms with E-state index in [4.69, 9.17) is 4.74 Å². The van der Waals surface area contributed by atoms with Gasteiger partial charge in [0.05, 0.1) is 4.92 Å². The maximum atomic E-state index is 12.7. The lowest BCUT2D eigenvalue weighted by atomic mass is 10.2. The van der Waals surface area contributed by atoms with Crippen LogP contribution in [0.25, 0.3) is 0 Å². The number of thioether (sulfide) groups is 1. The summed E-state index contributed by atoms with van der Waals surface area (Å²) in [5, 5.41) is 10.2. The van der Waals surface area contributed by atoms with Crippen molar-refractivity contribution in [3.63, 3.8) is 0 Å². The summed E-state index contributed by atoms with van der Waals surface area (Å²) in [7, 11) is 0. The standard InChI is InChI=1S/C14H10FNO4S/c15-11-5-7-12(8-6-11)20-14(17)21-9-10-3-1-2-4-13(10)16(18)19/h1-8H,9H2. The summed E-state index contributed by atoms with van der Waals surface area (Å²) < 4.78 is 17.7. The van der Waals surface area contributed by atoms with Crippen LogP contribution in [0.1, 0.15) is 5.56 Å². The number of nitrogens with zero attached hydrogens (tertiary/aromatic N) is 1. The average molecular weight is 307 g/mol. The number of para-hydroxylation sites is 1. The van der Waals surface area contributed by atoms with Gasteiger partial charge in [-0.3, -0.25) is 10.1 Å². The third kappa shape index (κ3) is 4.28. The van der Waals surface area contributed by atoms with Gasteiger partial charge in [0.2, 0.25) is 0 Å². The Labute approximate surface area is 123 Å². The van der Waals surface area contributed by atoms with Gasteiger partial charge in [-0.25, -0.2) is 9.18 Å². The Morgan fingerprint density at radius 1 is 1.19 bits per heavy atom. The predicted octanol–water partition coefficient (Wildman–Crippen LogP) is 4.17. The number of carbonyl (C=O) groups excluding carboxylic acids is 1. The van der Waals surface area contributed by atoms with Crippen molar-refractivity contribution in [2.45, 2.75) is 5.75 Å². The molecule has 0 aliphatic carbocycles. The zero-order chi connectivity index (χ0) is 15.2. The van der Waals surface area contributed by atoms with Gasteiger partial charge >= 0.3 is 5.30 Å². The fourth-order valence-corrected chi connectivity index (χ4v) is 2.25. The fourth-order valence-electron chi connectivity index (χ4n) is 1.58. The molecule has 2 aromatic carbocycles. The number of benzene rings is 2. The topological polar surface area (TPSA) is 69.4 Å². The first kappa shape index (κ1) is 15.0. The largest absolute Gasteiger partial charge is 0.418 e. The molecule has 0 fully saturated rings. The van der Waals surface area contributed by atoms with Crippen molar-refractivity contribution in [3.05, 3.63) is 70.0 Å². The molecule has 21 heavy (non-hydrogen) atoms. The van der Waals surface area contributed by atoms with Gasteiger partial charge in [-0.05, 0) is 36.0 Å². The molecule has 0 aliphatic rings. The highest BCUT2D eigenvalue weighted by Crippen LogP contribution is 2.24. The summed E-state index contributed by atoms with van der Waals surface area (Å²) in [5.41, 5.74) is 0.392. The predicted molar refractivity (Wildman–Crippen MR) is 76.8 cm³/mol. The summed E-state index contributed by atoms with van der Waals surface area (Å²) in [6.45, 7) is 0. The first-order valence-corrected chi connectivity index (χ1v) is 6.87. The van der Waals surface area contributed by atoms with E-state index in [2.05, 4.69) is 0 Å².